The molecule has 100 valence electrons. The summed E-state index contributed by atoms with van der Waals surface area (Å²) < 4.78 is 6.28. The standard InChI is InChI=1S/C15H21BrO2/c1-3-5-6-7-8-14(17)12-9-10-15(18-4-2)13(16)11-12/h9-11H,3-8H2,1-2H3. The van der Waals surface area contributed by atoms with Crippen LogP contribution in [0.2, 0.25) is 0 Å². The molecule has 1 rings (SSSR count). The van der Waals surface area contributed by atoms with E-state index in [0.717, 1.165) is 28.6 Å². The smallest absolute Gasteiger partial charge is 0.162 e. The lowest BCUT2D eigenvalue weighted by molar-refractivity contribution is 0.0979. The highest BCUT2D eigenvalue weighted by atomic mass is 79.9. The number of hydrogen-bond donors (Lipinski definition) is 0. The maximum Gasteiger partial charge on any atom is 0.162 e. The van der Waals surface area contributed by atoms with E-state index in [1.54, 1.807) is 0 Å². The number of Topliss-reactive ketones (excluding diaryl/α,β-unsaturated/α-hetero) is 1. The van der Waals surface area contributed by atoms with Crippen molar-refractivity contribution in [2.75, 3.05) is 6.61 Å². The average molecular weight is 313 g/mol. The molecule has 0 N–H and O–H groups in total. The van der Waals surface area contributed by atoms with E-state index in [0.29, 0.717) is 13.0 Å². The molecule has 18 heavy (non-hydrogen) atoms. The minimum Gasteiger partial charge on any atom is -0.493 e. The Morgan fingerprint density at radius 1 is 1.22 bits per heavy atom. The third-order valence-corrected chi connectivity index (χ3v) is 3.43. The van der Waals surface area contributed by atoms with E-state index in [1.807, 2.05) is 25.1 Å². The molecule has 0 amide bonds. The second-order valence-corrected chi connectivity index (χ2v) is 5.17. The van der Waals surface area contributed by atoms with E-state index in [4.69, 9.17) is 4.74 Å². The number of hydrogen-bond acceptors (Lipinski definition) is 2. The third kappa shape index (κ3) is 4.81. The van der Waals surface area contributed by atoms with Crippen molar-refractivity contribution >= 4 is 21.7 Å². The Kier molecular flexibility index (Phi) is 7.02. The molecule has 0 aliphatic carbocycles. The molecule has 3 heteroatoms. The van der Waals surface area contributed by atoms with Crippen LogP contribution < -0.4 is 4.74 Å². The van der Waals surface area contributed by atoms with Crippen LogP contribution in [0.5, 0.6) is 5.75 Å². The summed E-state index contributed by atoms with van der Waals surface area (Å²) >= 11 is 3.43. The maximum absolute atomic E-state index is 12.0. The second-order valence-electron chi connectivity index (χ2n) is 4.31. The first-order chi connectivity index (χ1) is 8.69. The van der Waals surface area contributed by atoms with Gasteiger partial charge in [-0.15, -0.1) is 0 Å². The minimum absolute atomic E-state index is 0.217. The van der Waals surface area contributed by atoms with E-state index in [1.165, 1.54) is 12.8 Å². The normalized spacial score (nSPS) is 10.4. The molecule has 0 aliphatic heterocycles. The van der Waals surface area contributed by atoms with Crippen molar-refractivity contribution in [3.63, 3.8) is 0 Å². The first kappa shape index (κ1) is 15.2. The third-order valence-electron chi connectivity index (χ3n) is 2.81. The Labute approximate surface area is 118 Å². The van der Waals surface area contributed by atoms with E-state index in [9.17, 15) is 4.79 Å². The molecule has 0 unspecified atom stereocenters. The molecule has 0 radical (unpaired) electrons. The summed E-state index contributed by atoms with van der Waals surface area (Å²) in [5.41, 5.74) is 0.766. The predicted molar refractivity (Wildman–Crippen MR) is 78.4 cm³/mol. The topological polar surface area (TPSA) is 26.3 Å². The fraction of sp³-hybridized carbons (Fsp3) is 0.533. The Balaban J connectivity index is 2.55. The monoisotopic (exact) mass is 312 g/mol. The summed E-state index contributed by atoms with van der Waals surface area (Å²) in [6.07, 6.45) is 5.17. The number of unbranched alkanes of at least 4 members (excludes halogenated alkanes) is 3. The van der Waals surface area contributed by atoms with Gasteiger partial charge in [0.1, 0.15) is 5.75 Å². The van der Waals surface area contributed by atoms with Crippen LogP contribution in [-0.2, 0) is 0 Å². The van der Waals surface area contributed by atoms with Crippen molar-refractivity contribution in [2.24, 2.45) is 0 Å². The van der Waals surface area contributed by atoms with Gasteiger partial charge in [0.2, 0.25) is 0 Å². The number of rotatable bonds is 8. The molecule has 0 aliphatic rings. The Morgan fingerprint density at radius 2 is 2.00 bits per heavy atom. The van der Waals surface area contributed by atoms with Crippen molar-refractivity contribution < 1.29 is 9.53 Å². The fourth-order valence-electron chi connectivity index (χ4n) is 1.80. The van der Waals surface area contributed by atoms with Crippen LogP contribution in [-0.4, -0.2) is 12.4 Å². The van der Waals surface area contributed by atoms with Crippen molar-refractivity contribution in [3.05, 3.63) is 28.2 Å². The Bertz CT molecular complexity index is 388. The van der Waals surface area contributed by atoms with Gasteiger partial charge >= 0.3 is 0 Å². The van der Waals surface area contributed by atoms with Gasteiger partial charge in [-0.1, -0.05) is 26.2 Å². The summed E-state index contributed by atoms with van der Waals surface area (Å²) in [6, 6.07) is 5.55. The number of carbonyl (C=O) groups is 1. The average Bonchev–Trinajstić information content (AvgIpc) is 2.37. The molecule has 2 nitrogen and oxygen atoms in total. The van der Waals surface area contributed by atoms with Gasteiger partial charge in [-0.25, -0.2) is 0 Å². The van der Waals surface area contributed by atoms with Gasteiger partial charge in [-0.05, 0) is 47.5 Å². The van der Waals surface area contributed by atoms with E-state index < -0.39 is 0 Å². The second kappa shape index (κ2) is 8.30. The van der Waals surface area contributed by atoms with Crippen molar-refractivity contribution in [1.29, 1.82) is 0 Å². The molecule has 1 aromatic carbocycles. The largest absolute Gasteiger partial charge is 0.493 e. The number of benzene rings is 1. The number of carbonyl (C=O) groups excluding carboxylic acids is 1. The first-order valence-electron chi connectivity index (χ1n) is 6.64. The summed E-state index contributed by atoms with van der Waals surface area (Å²) in [6.45, 7) is 4.74. The van der Waals surface area contributed by atoms with Gasteiger partial charge in [0.05, 0.1) is 11.1 Å². The van der Waals surface area contributed by atoms with E-state index >= 15 is 0 Å². The lowest BCUT2D eigenvalue weighted by atomic mass is 10.0. The van der Waals surface area contributed by atoms with Crippen LogP contribution in [0.25, 0.3) is 0 Å². The summed E-state index contributed by atoms with van der Waals surface area (Å²) in [7, 11) is 0. The number of halogens is 1. The highest BCUT2D eigenvalue weighted by molar-refractivity contribution is 9.10. The summed E-state index contributed by atoms with van der Waals surface area (Å²) in [5.74, 6) is 1.01. The fourth-order valence-corrected chi connectivity index (χ4v) is 2.30. The van der Waals surface area contributed by atoms with Crippen LogP contribution >= 0.6 is 15.9 Å². The SMILES string of the molecule is CCCCCCC(=O)c1ccc(OCC)c(Br)c1. The van der Waals surface area contributed by atoms with Gasteiger partial charge in [0, 0.05) is 12.0 Å². The van der Waals surface area contributed by atoms with Gasteiger partial charge < -0.3 is 4.74 Å². The van der Waals surface area contributed by atoms with Crippen molar-refractivity contribution in [2.45, 2.75) is 46.0 Å². The predicted octanol–water partition coefficient (Wildman–Crippen LogP) is 5.00. The van der Waals surface area contributed by atoms with Gasteiger partial charge in [-0.3, -0.25) is 4.79 Å². The van der Waals surface area contributed by atoms with Crippen LogP contribution in [0, 0.1) is 0 Å². The zero-order valence-electron chi connectivity index (χ0n) is 11.2. The number of ketones is 1. The maximum atomic E-state index is 12.0. The molecular weight excluding hydrogens is 292 g/mol. The van der Waals surface area contributed by atoms with Gasteiger partial charge in [0.25, 0.3) is 0 Å². The summed E-state index contributed by atoms with van der Waals surface area (Å²) in [4.78, 5) is 12.0. The van der Waals surface area contributed by atoms with Crippen LogP contribution in [0.4, 0.5) is 0 Å². The van der Waals surface area contributed by atoms with Crippen LogP contribution in [0.15, 0.2) is 22.7 Å². The number of ether oxygens (including phenoxy) is 1. The van der Waals surface area contributed by atoms with E-state index in [-0.39, 0.29) is 5.78 Å². The zero-order chi connectivity index (χ0) is 13.4. The molecular formula is C15H21BrO2. The molecule has 0 bridgehead atoms. The van der Waals surface area contributed by atoms with Crippen molar-refractivity contribution in [1.82, 2.24) is 0 Å². The molecule has 0 spiro atoms. The summed E-state index contributed by atoms with van der Waals surface area (Å²) in [5, 5.41) is 0. The molecule has 0 aromatic heterocycles. The quantitative estimate of drug-likeness (QED) is 0.498. The molecule has 0 fully saturated rings. The Hall–Kier alpha value is -0.830. The lowest BCUT2D eigenvalue weighted by Crippen LogP contribution is -2.00. The molecule has 0 heterocycles. The highest BCUT2D eigenvalue weighted by Gasteiger charge is 2.08. The van der Waals surface area contributed by atoms with E-state index in [2.05, 4.69) is 22.9 Å². The first-order valence-corrected chi connectivity index (χ1v) is 7.43. The minimum atomic E-state index is 0.217. The molecule has 0 saturated carbocycles. The molecule has 1 aromatic rings. The highest BCUT2D eigenvalue weighted by Crippen LogP contribution is 2.26. The lowest BCUT2D eigenvalue weighted by Gasteiger charge is -2.07. The zero-order valence-corrected chi connectivity index (χ0v) is 12.8. The van der Waals surface area contributed by atoms with Crippen molar-refractivity contribution in [3.8, 4) is 5.75 Å². The van der Waals surface area contributed by atoms with Gasteiger partial charge in [-0.2, -0.15) is 0 Å². The van der Waals surface area contributed by atoms with Crippen LogP contribution in [0.1, 0.15) is 56.3 Å². The molecule has 0 saturated heterocycles. The Morgan fingerprint density at radius 3 is 2.61 bits per heavy atom. The molecule has 0 atom stereocenters. The van der Waals surface area contributed by atoms with Crippen LogP contribution in [0.3, 0.4) is 0 Å². The van der Waals surface area contributed by atoms with Gasteiger partial charge in [0.15, 0.2) is 5.78 Å².